The van der Waals surface area contributed by atoms with Crippen molar-refractivity contribution in [3.8, 4) is 5.88 Å². The Morgan fingerprint density at radius 1 is 1.14 bits per heavy atom. The molecule has 0 aliphatic carbocycles. The highest BCUT2D eigenvalue weighted by molar-refractivity contribution is 7.99. The zero-order chi connectivity index (χ0) is 15.6. The van der Waals surface area contributed by atoms with E-state index in [4.69, 9.17) is 4.74 Å². The maximum absolute atomic E-state index is 5.51. The SMILES string of the molecule is CCCSc1ncc(CNCc2cccnc2OCC)cn1. The van der Waals surface area contributed by atoms with Gasteiger partial charge >= 0.3 is 0 Å². The number of aromatic nitrogens is 3. The molecular weight excluding hydrogens is 296 g/mol. The minimum atomic E-state index is 0.620. The summed E-state index contributed by atoms with van der Waals surface area (Å²) in [6.07, 6.45) is 6.63. The Bertz CT molecular complexity index is 562. The molecule has 5 nitrogen and oxygen atoms in total. The number of nitrogens with zero attached hydrogens (tertiary/aromatic N) is 3. The van der Waals surface area contributed by atoms with Gasteiger partial charge < -0.3 is 10.1 Å². The van der Waals surface area contributed by atoms with Crippen LogP contribution in [0, 0.1) is 0 Å². The largest absolute Gasteiger partial charge is 0.478 e. The number of hydrogen-bond donors (Lipinski definition) is 1. The second-order valence-corrected chi connectivity index (χ2v) is 5.79. The zero-order valence-electron chi connectivity index (χ0n) is 13.1. The molecular formula is C16H22N4OS. The van der Waals surface area contributed by atoms with E-state index in [-0.39, 0.29) is 0 Å². The number of ether oxygens (including phenoxy) is 1. The molecule has 2 rings (SSSR count). The van der Waals surface area contributed by atoms with Crippen LogP contribution in [0.1, 0.15) is 31.4 Å². The van der Waals surface area contributed by atoms with Crippen LogP contribution < -0.4 is 10.1 Å². The highest BCUT2D eigenvalue weighted by Gasteiger charge is 2.04. The highest BCUT2D eigenvalue weighted by Crippen LogP contribution is 2.15. The van der Waals surface area contributed by atoms with Gasteiger partial charge in [-0.05, 0) is 19.4 Å². The molecule has 1 N–H and O–H groups in total. The summed E-state index contributed by atoms with van der Waals surface area (Å²) in [5.74, 6) is 1.75. The molecule has 0 unspecified atom stereocenters. The first-order valence-corrected chi connectivity index (χ1v) is 8.53. The number of nitrogens with one attached hydrogen (secondary N) is 1. The first kappa shape index (κ1) is 16.7. The lowest BCUT2D eigenvalue weighted by Crippen LogP contribution is -2.14. The summed E-state index contributed by atoms with van der Waals surface area (Å²) >= 11 is 1.69. The van der Waals surface area contributed by atoms with Gasteiger partial charge in [-0.15, -0.1) is 0 Å². The van der Waals surface area contributed by atoms with E-state index >= 15 is 0 Å². The van der Waals surface area contributed by atoms with Crippen LogP contribution in [0.15, 0.2) is 35.9 Å². The lowest BCUT2D eigenvalue weighted by Gasteiger charge is -2.09. The second kappa shape index (κ2) is 9.38. The van der Waals surface area contributed by atoms with Gasteiger partial charge in [0, 0.05) is 48.6 Å². The fourth-order valence-electron chi connectivity index (χ4n) is 1.87. The highest BCUT2D eigenvalue weighted by atomic mass is 32.2. The Balaban J connectivity index is 1.83. The third-order valence-corrected chi connectivity index (χ3v) is 3.97. The quantitative estimate of drug-likeness (QED) is 0.566. The van der Waals surface area contributed by atoms with Gasteiger partial charge in [0.15, 0.2) is 5.16 Å². The molecule has 0 aromatic carbocycles. The Kier molecular flexibility index (Phi) is 7.12. The molecule has 0 aliphatic heterocycles. The third-order valence-electron chi connectivity index (χ3n) is 2.89. The van der Waals surface area contributed by atoms with E-state index < -0.39 is 0 Å². The van der Waals surface area contributed by atoms with E-state index in [9.17, 15) is 0 Å². The molecule has 2 aromatic heterocycles. The second-order valence-electron chi connectivity index (χ2n) is 4.73. The normalized spacial score (nSPS) is 10.6. The molecule has 0 saturated carbocycles. The Morgan fingerprint density at radius 3 is 2.68 bits per heavy atom. The van der Waals surface area contributed by atoms with E-state index in [0.717, 1.165) is 35.0 Å². The molecule has 0 amide bonds. The van der Waals surface area contributed by atoms with Crippen molar-refractivity contribution in [2.45, 2.75) is 38.5 Å². The number of thioether (sulfide) groups is 1. The van der Waals surface area contributed by atoms with Gasteiger partial charge in [-0.1, -0.05) is 24.8 Å². The standard InChI is InChI=1S/C16H22N4OS/c1-3-8-22-16-19-10-13(11-20-16)9-17-12-14-6-5-7-18-15(14)21-4-2/h5-7,10-11,17H,3-4,8-9,12H2,1-2H3. The summed E-state index contributed by atoms with van der Waals surface area (Å²) in [5, 5.41) is 4.22. The number of hydrogen-bond acceptors (Lipinski definition) is 6. The van der Waals surface area contributed by atoms with Crippen LogP contribution in [0.2, 0.25) is 0 Å². The van der Waals surface area contributed by atoms with E-state index in [0.29, 0.717) is 19.0 Å². The molecule has 0 atom stereocenters. The van der Waals surface area contributed by atoms with Crippen LogP contribution in [0.5, 0.6) is 5.88 Å². The topological polar surface area (TPSA) is 59.9 Å². The van der Waals surface area contributed by atoms with E-state index in [1.54, 1.807) is 18.0 Å². The van der Waals surface area contributed by atoms with Crippen LogP contribution in [0.25, 0.3) is 0 Å². The predicted molar refractivity (Wildman–Crippen MR) is 89.0 cm³/mol. The summed E-state index contributed by atoms with van der Waals surface area (Å²) in [7, 11) is 0. The van der Waals surface area contributed by atoms with E-state index in [1.807, 2.05) is 31.5 Å². The molecule has 0 radical (unpaired) electrons. The van der Waals surface area contributed by atoms with Crippen molar-refractivity contribution >= 4 is 11.8 Å². The monoisotopic (exact) mass is 318 g/mol. The van der Waals surface area contributed by atoms with Crippen LogP contribution >= 0.6 is 11.8 Å². The fourth-order valence-corrected chi connectivity index (χ4v) is 2.51. The summed E-state index contributed by atoms with van der Waals surface area (Å²) in [5.41, 5.74) is 2.13. The first-order chi connectivity index (χ1) is 10.8. The van der Waals surface area contributed by atoms with Gasteiger partial charge in [0.25, 0.3) is 0 Å². The van der Waals surface area contributed by atoms with Crippen molar-refractivity contribution < 1.29 is 4.74 Å². The molecule has 0 saturated heterocycles. The van der Waals surface area contributed by atoms with Gasteiger partial charge in [0.2, 0.25) is 5.88 Å². The summed E-state index contributed by atoms with van der Waals surface area (Å²) < 4.78 is 5.51. The van der Waals surface area contributed by atoms with Crippen molar-refractivity contribution in [3.05, 3.63) is 41.9 Å². The maximum Gasteiger partial charge on any atom is 0.217 e. The summed E-state index contributed by atoms with van der Waals surface area (Å²) in [4.78, 5) is 13.0. The van der Waals surface area contributed by atoms with E-state index in [2.05, 4.69) is 27.2 Å². The molecule has 0 bridgehead atoms. The van der Waals surface area contributed by atoms with Gasteiger partial charge in [0.05, 0.1) is 6.61 Å². The fraction of sp³-hybridized carbons (Fsp3) is 0.438. The molecule has 0 aliphatic rings. The molecule has 6 heteroatoms. The van der Waals surface area contributed by atoms with Crippen LogP contribution in [-0.4, -0.2) is 27.3 Å². The third kappa shape index (κ3) is 5.27. The van der Waals surface area contributed by atoms with Crippen molar-refractivity contribution in [2.24, 2.45) is 0 Å². The molecule has 118 valence electrons. The average molecular weight is 318 g/mol. The minimum Gasteiger partial charge on any atom is -0.478 e. The first-order valence-electron chi connectivity index (χ1n) is 7.54. The molecule has 2 heterocycles. The van der Waals surface area contributed by atoms with Crippen molar-refractivity contribution in [3.63, 3.8) is 0 Å². The van der Waals surface area contributed by atoms with Crippen LogP contribution in [0.3, 0.4) is 0 Å². The minimum absolute atomic E-state index is 0.620. The van der Waals surface area contributed by atoms with Crippen LogP contribution in [0.4, 0.5) is 0 Å². The zero-order valence-corrected chi connectivity index (χ0v) is 13.9. The lowest BCUT2D eigenvalue weighted by molar-refractivity contribution is 0.322. The predicted octanol–water partition coefficient (Wildman–Crippen LogP) is 3.06. The molecule has 0 fully saturated rings. The Labute approximate surface area is 135 Å². The Hall–Kier alpha value is -1.66. The van der Waals surface area contributed by atoms with Crippen molar-refractivity contribution in [1.29, 1.82) is 0 Å². The van der Waals surface area contributed by atoms with Crippen molar-refractivity contribution in [2.75, 3.05) is 12.4 Å². The smallest absolute Gasteiger partial charge is 0.217 e. The summed E-state index contributed by atoms with van der Waals surface area (Å²) in [6.45, 7) is 6.16. The lowest BCUT2D eigenvalue weighted by atomic mass is 10.2. The van der Waals surface area contributed by atoms with Gasteiger partial charge in [-0.25, -0.2) is 15.0 Å². The van der Waals surface area contributed by atoms with Crippen LogP contribution in [-0.2, 0) is 13.1 Å². The van der Waals surface area contributed by atoms with Gasteiger partial charge in [0.1, 0.15) is 0 Å². The number of rotatable bonds is 9. The Morgan fingerprint density at radius 2 is 1.95 bits per heavy atom. The van der Waals surface area contributed by atoms with Gasteiger partial charge in [-0.3, -0.25) is 0 Å². The van der Waals surface area contributed by atoms with Crippen molar-refractivity contribution in [1.82, 2.24) is 20.3 Å². The molecule has 0 spiro atoms. The maximum atomic E-state index is 5.51. The average Bonchev–Trinajstić information content (AvgIpc) is 2.56. The molecule has 2 aromatic rings. The summed E-state index contributed by atoms with van der Waals surface area (Å²) in [6, 6.07) is 3.94. The van der Waals surface area contributed by atoms with Gasteiger partial charge in [-0.2, -0.15) is 0 Å². The van der Waals surface area contributed by atoms with E-state index in [1.165, 1.54) is 0 Å². The molecule has 22 heavy (non-hydrogen) atoms. The number of pyridine rings is 1.